The Labute approximate surface area is 98.4 Å². The van der Waals surface area contributed by atoms with E-state index < -0.39 is 6.04 Å². The van der Waals surface area contributed by atoms with E-state index in [1.807, 2.05) is 0 Å². The van der Waals surface area contributed by atoms with Gasteiger partial charge in [-0.3, -0.25) is 4.79 Å². The van der Waals surface area contributed by atoms with Crippen molar-refractivity contribution >= 4 is 29.0 Å². The molecule has 0 aliphatic heterocycles. The third-order valence-corrected chi connectivity index (χ3v) is 2.42. The van der Waals surface area contributed by atoms with E-state index in [1.54, 1.807) is 12.1 Å². The van der Waals surface area contributed by atoms with Gasteiger partial charge >= 0.3 is 0 Å². The molecule has 0 aliphatic carbocycles. The van der Waals surface area contributed by atoms with Crippen molar-refractivity contribution in [3.8, 4) is 12.3 Å². The van der Waals surface area contributed by atoms with E-state index >= 15 is 0 Å². The SMILES string of the molecule is C#CCC(N)C(=O)c1ccc(Cl)cc1Cl. The summed E-state index contributed by atoms with van der Waals surface area (Å²) < 4.78 is 0. The van der Waals surface area contributed by atoms with Crippen LogP contribution >= 0.6 is 23.2 Å². The molecule has 0 saturated carbocycles. The number of ketones is 1. The monoisotopic (exact) mass is 241 g/mol. The summed E-state index contributed by atoms with van der Waals surface area (Å²) >= 11 is 11.6. The largest absolute Gasteiger partial charge is 0.320 e. The minimum absolute atomic E-state index is 0.192. The molecule has 1 aromatic carbocycles. The van der Waals surface area contributed by atoms with Gasteiger partial charge in [0, 0.05) is 17.0 Å². The lowest BCUT2D eigenvalue weighted by molar-refractivity contribution is 0.0963. The molecule has 0 saturated heterocycles. The summed E-state index contributed by atoms with van der Waals surface area (Å²) in [4.78, 5) is 11.7. The number of Topliss-reactive ketones (excluding diaryl/α,β-unsaturated/α-hetero) is 1. The maximum Gasteiger partial charge on any atom is 0.181 e. The standard InChI is InChI=1S/C11H9Cl2NO/c1-2-3-10(14)11(15)8-5-4-7(12)6-9(8)13/h1,4-6,10H,3,14H2. The topological polar surface area (TPSA) is 43.1 Å². The van der Waals surface area contributed by atoms with Gasteiger partial charge in [0.2, 0.25) is 0 Å². The smallest absolute Gasteiger partial charge is 0.181 e. The Morgan fingerprint density at radius 1 is 1.53 bits per heavy atom. The van der Waals surface area contributed by atoms with E-state index in [-0.39, 0.29) is 12.2 Å². The molecule has 0 heterocycles. The summed E-state index contributed by atoms with van der Waals surface area (Å²) in [6.45, 7) is 0. The predicted molar refractivity (Wildman–Crippen MR) is 62.2 cm³/mol. The zero-order valence-electron chi connectivity index (χ0n) is 7.84. The highest BCUT2D eigenvalue weighted by Gasteiger charge is 2.17. The lowest BCUT2D eigenvalue weighted by atomic mass is 10.0. The number of benzene rings is 1. The second-order valence-electron chi connectivity index (χ2n) is 3.00. The Hall–Kier alpha value is -1.01. The van der Waals surface area contributed by atoms with E-state index in [1.165, 1.54) is 6.07 Å². The third-order valence-electron chi connectivity index (χ3n) is 1.87. The molecule has 1 rings (SSSR count). The number of hydrogen-bond acceptors (Lipinski definition) is 2. The summed E-state index contributed by atoms with van der Waals surface area (Å²) in [7, 11) is 0. The summed E-state index contributed by atoms with van der Waals surface area (Å²) in [6.07, 6.45) is 5.26. The second kappa shape index (κ2) is 5.18. The van der Waals surface area contributed by atoms with Gasteiger partial charge in [-0.2, -0.15) is 0 Å². The highest BCUT2D eigenvalue weighted by molar-refractivity contribution is 6.37. The average Bonchev–Trinajstić information content (AvgIpc) is 2.17. The molecular formula is C11H9Cl2NO. The zero-order valence-corrected chi connectivity index (χ0v) is 9.35. The molecule has 15 heavy (non-hydrogen) atoms. The number of rotatable bonds is 3. The molecule has 0 aromatic heterocycles. The molecule has 1 unspecified atom stereocenters. The molecule has 2 nitrogen and oxygen atoms in total. The molecule has 0 amide bonds. The molecule has 2 N–H and O–H groups in total. The maximum absolute atomic E-state index is 11.7. The van der Waals surface area contributed by atoms with Crippen LogP contribution in [0.1, 0.15) is 16.8 Å². The first-order chi connectivity index (χ1) is 7.06. The Morgan fingerprint density at radius 3 is 2.73 bits per heavy atom. The van der Waals surface area contributed by atoms with Crippen LogP contribution in [0.15, 0.2) is 18.2 Å². The minimum atomic E-state index is -0.714. The zero-order chi connectivity index (χ0) is 11.4. The highest BCUT2D eigenvalue weighted by Crippen LogP contribution is 2.22. The molecule has 0 bridgehead atoms. The number of carbonyl (C=O) groups excluding carboxylic acids is 1. The van der Waals surface area contributed by atoms with E-state index in [0.29, 0.717) is 15.6 Å². The summed E-state index contributed by atoms with van der Waals surface area (Å²) in [5.41, 5.74) is 5.93. The molecule has 0 fully saturated rings. The normalized spacial score (nSPS) is 11.9. The van der Waals surface area contributed by atoms with Crippen LogP contribution in [0.2, 0.25) is 10.0 Å². The van der Waals surface area contributed by atoms with Crippen molar-refractivity contribution in [1.82, 2.24) is 0 Å². The third kappa shape index (κ3) is 2.97. The van der Waals surface area contributed by atoms with Crippen molar-refractivity contribution < 1.29 is 4.79 Å². The number of halogens is 2. The molecule has 1 aromatic rings. The molecule has 78 valence electrons. The van der Waals surface area contributed by atoms with Crippen molar-refractivity contribution in [3.63, 3.8) is 0 Å². The van der Waals surface area contributed by atoms with Gasteiger partial charge in [-0.25, -0.2) is 0 Å². The average molecular weight is 242 g/mol. The van der Waals surface area contributed by atoms with Gasteiger partial charge in [0.1, 0.15) is 0 Å². The molecule has 0 spiro atoms. The van der Waals surface area contributed by atoms with Gasteiger partial charge in [-0.1, -0.05) is 23.2 Å². The number of terminal acetylenes is 1. The van der Waals surface area contributed by atoms with E-state index in [0.717, 1.165) is 0 Å². The van der Waals surface area contributed by atoms with Crippen LogP contribution < -0.4 is 5.73 Å². The predicted octanol–water partition coefficient (Wildman–Crippen LogP) is 2.53. The molecule has 4 heteroatoms. The molecule has 0 aliphatic rings. The van der Waals surface area contributed by atoms with E-state index in [2.05, 4.69) is 5.92 Å². The van der Waals surface area contributed by atoms with Gasteiger partial charge in [-0.05, 0) is 18.2 Å². The Balaban J connectivity index is 2.97. The van der Waals surface area contributed by atoms with Crippen LogP contribution in [-0.2, 0) is 0 Å². The van der Waals surface area contributed by atoms with Crippen LogP contribution in [0.5, 0.6) is 0 Å². The second-order valence-corrected chi connectivity index (χ2v) is 3.85. The quantitative estimate of drug-likeness (QED) is 0.653. The van der Waals surface area contributed by atoms with Crippen molar-refractivity contribution in [2.45, 2.75) is 12.5 Å². The Kier molecular flexibility index (Phi) is 4.16. The van der Waals surface area contributed by atoms with E-state index in [9.17, 15) is 4.79 Å². The fourth-order valence-electron chi connectivity index (χ4n) is 1.11. The maximum atomic E-state index is 11.7. The fourth-order valence-corrected chi connectivity index (χ4v) is 1.61. The Morgan fingerprint density at radius 2 is 2.20 bits per heavy atom. The van der Waals surface area contributed by atoms with Crippen molar-refractivity contribution in [3.05, 3.63) is 33.8 Å². The summed E-state index contributed by atoms with van der Waals surface area (Å²) in [5, 5.41) is 0.766. The van der Waals surface area contributed by atoms with Gasteiger partial charge < -0.3 is 5.73 Å². The van der Waals surface area contributed by atoms with Crippen LogP contribution in [-0.4, -0.2) is 11.8 Å². The van der Waals surface area contributed by atoms with Gasteiger partial charge in [0.25, 0.3) is 0 Å². The Bertz CT molecular complexity index is 423. The highest BCUT2D eigenvalue weighted by atomic mass is 35.5. The van der Waals surface area contributed by atoms with Crippen molar-refractivity contribution in [2.75, 3.05) is 0 Å². The molecule has 0 radical (unpaired) electrons. The first-order valence-corrected chi connectivity index (χ1v) is 5.00. The first kappa shape index (κ1) is 12.1. The number of carbonyl (C=O) groups is 1. The van der Waals surface area contributed by atoms with Gasteiger partial charge in [0.15, 0.2) is 5.78 Å². The molecule has 1 atom stereocenters. The van der Waals surface area contributed by atoms with Crippen molar-refractivity contribution in [1.29, 1.82) is 0 Å². The minimum Gasteiger partial charge on any atom is -0.320 e. The van der Waals surface area contributed by atoms with Crippen molar-refractivity contribution in [2.24, 2.45) is 5.73 Å². The summed E-state index contributed by atoms with van der Waals surface area (Å²) in [6, 6.07) is 3.92. The first-order valence-electron chi connectivity index (χ1n) is 4.24. The van der Waals surface area contributed by atoms with E-state index in [4.69, 9.17) is 35.4 Å². The van der Waals surface area contributed by atoms with Crippen LogP contribution in [0.25, 0.3) is 0 Å². The lowest BCUT2D eigenvalue weighted by Gasteiger charge is -2.08. The number of nitrogens with two attached hydrogens (primary N) is 1. The lowest BCUT2D eigenvalue weighted by Crippen LogP contribution is -2.30. The van der Waals surface area contributed by atoms with Gasteiger partial charge in [-0.15, -0.1) is 12.3 Å². The van der Waals surface area contributed by atoms with Crippen LogP contribution in [0, 0.1) is 12.3 Å². The molecular weight excluding hydrogens is 233 g/mol. The van der Waals surface area contributed by atoms with Crippen LogP contribution in [0.4, 0.5) is 0 Å². The summed E-state index contributed by atoms with van der Waals surface area (Å²) in [5.74, 6) is 2.07. The van der Waals surface area contributed by atoms with Crippen LogP contribution in [0.3, 0.4) is 0 Å². The van der Waals surface area contributed by atoms with Gasteiger partial charge in [0.05, 0.1) is 11.1 Å². The number of hydrogen-bond donors (Lipinski definition) is 1. The fraction of sp³-hybridized carbons (Fsp3) is 0.182.